The van der Waals surface area contributed by atoms with Crippen molar-refractivity contribution >= 4 is 18.1 Å². The molecule has 1 aliphatic carbocycles. The summed E-state index contributed by atoms with van der Waals surface area (Å²) in [6.45, 7) is 12.8. The Labute approximate surface area is 242 Å². The van der Waals surface area contributed by atoms with Gasteiger partial charge in [0.05, 0.1) is 22.9 Å². The highest BCUT2D eigenvalue weighted by Gasteiger charge is 2.49. The highest BCUT2D eigenvalue weighted by Crippen LogP contribution is 2.53. The van der Waals surface area contributed by atoms with Crippen LogP contribution in [-0.4, -0.2) is 63.5 Å². The number of ketones is 1. The summed E-state index contributed by atoms with van der Waals surface area (Å²) in [5, 5.41) is 32.1. The number of aliphatic hydroxyl groups is 2. The molecule has 0 radical (unpaired) electrons. The molecule has 8 nitrogen and oxygen atoms in total. The summed E-state index contributed by atoms with van der Waals surface area (Å²) in [5.74, 6) is -0.668. The molecule has 224 valence electrons. The van der Waals surface area contributed by atoms with E-state index in [9.17, 15) is 24.9 Å². The first-order valence-electron chi connectivity index (χ1n) is 14.3. The van der Waals surface area contributed by atoms with E-state index in [1.165, 1.54) is 0 Å². The van der Waals surface area contributed by atoms with Crippen molar-refractivity contribution in [1.29, 1.82) is 0 Å². The van der Waals surface area contributed by atoms with Gasteiger partial charge < -0.3 is 34.3 Å². The van der Waals surface area contributed by atoms with E-state index in [0.29, 0.717) is 41.7 Å². The van der Waals surface area contributed by atoms with Crippen molar-refractivity contribution in [2.24, 2.45) is 11.8 Å². The number of aldehydes is 1. The van der Waals surface area contributed by atoms with Crippen molar-refractivity contribution in [2.45, 2.75) is 103 Å². The standard InChI is InChI=1S/C33H44O8/c1-18(2)9-10-21-28-20(11-13-33(7,41-28)14-12-24(35)31(3,4)38)26(36)25-27(37)22-15-19(17-34)16-23(32(5,6)39-8)29(22)40-30(21)25/h9,11,13,15,17,19,23-24,29,35-36,38H,10,12,14,16H2,1-8H3/t19?,23-,24?,29?,33+/m0/s1. The van der Waals surface area contributed by atoms with Gasteiger partial charge in [0.1, 0.15) is 40.8 Å². The Morgan fingerprint density at radius 2 is 1.93 bits per heavy atom. The lowest BCUT2D eigenvalue weighted by atomic mass is 9.70. The van der Waals surface area contributed by atoms with E-state index in [1.54, 1.807) is 39.2 Å². The Hall–Kier alpha value is -2.94. The van der Waals surface area contributed by atoms with Crippen LogP contribution in [0, 0.1) is 11.8 Å². The predicted octanol–water partition coefficient (Wildman–Crippen LogP) is 5.11. The quantitative estimate of drug-likeness (QED) is 0.278. The Morgan fingerprint density at radius 3 is 2.51 bits per heavy atom. The van der Waals surface area contributed by atoms with E-state index >= 15 is 0 Å². The number of hydrogen-bond donors (Lipinski definition) is 3. The lowest BCUT2D eigenvalue weighted by Crippen LogP contribution is -2.50. The number of aromatic hydroxyl groups is 1. The molecular weight excluding hydrogens is 524 g/mol. The van der Waals surface area contributed by atoms with Crippen LogP contribution in [0.15, 0.2) is 29.4 Å². The first-order valence-corrected chi connectivity index (χ1v) is 14.3. The molecule has 0 spiro atoms. The normalized spacial score (nSPS) is 26.0. The van der Waals surface area contributed by atoms with Gasteiger partial charge in [0.25, 0.3) is 0 Å². The van der Waals surface area contributed by atoms with Crippen LogP contribution in [0.1, 0.15) is 89.2 Å². The highest BCUT2D eigenvalue weighted by atomic mass is 16.5. The summed E-state index contributed by atoms with van der Waals surface area (Å²) in [7, 11) is 1.60. The predicted molar refractivity (Wildman–Crippen MR) is 156 cm³/mol. The minimum atomic E-state index is -1.26. The van der Waals surface area contributed by atoms with Gasteiger partial charge in [-0.3, -0.25) is 4.79 Å². The average molecular weight is 569 g/mol. The van der Waals surface area contributed by atoms with Gasteiger partial charge in [0.2, 0.25) is 0 Å². The summed E-state index contributed by atoms with van der Waals surface area (Å²) in [4.78, 5) is 25.9. The van der Waals surface area contributed by atoms with Crippen LogP contribution in [0.25, 0.3) is 6.08 Å². The van der Waals surface area contributed by atoms with Gasteiger partial charge >= 0.3 is 0 Å². The van der Waals surface area contributed by atoms with Crippen molar-refractivity contribution in [2.75, 3.05) is 7.11 Å². The number of methoxy groups -OCH3 is 1. The second-order valence-electron chi connectivity index (χ2n) is 13.2. The molecule has 3 unspecified atom stereocenters. The third-order valence-corrected chi connectivity index (χ3v) is 8.81. The van der Waals surface area contributed by atoms with Crippen molar-refractivity contribution < 1.29 is 39.1 Å². The van der Waals surface area contributed by atoms with E-state index < -0.39 is 34.9 Å². The molecule has 4 rings (SSSR count). The maximum atomic E-state index is 14.1. The maximum absolute atomic E-state index is 14.1. The fourth-order valence-corrected chi connectivity index (χ4v) is 5.85. The molecule has 2 aliphatic heterocycles. The van der Waals surface area contributed by atoms with Crippen LogP contribution in [0.4, 0.5) is 0 Å². The molecule has 3 aliphatic rings. The summed E-state index contributed by atoms with van der Waals surface area (Å²) in [6, 6.07) is 0. The molecule has 0 aromatic heterocycles. The fraction of sp³-hybridized carbons (Fsp3) is 0.576. The molecule has 41 heavy (non-hydrogen) atoms. The average Bonchev–Trinajstić information content (AvgIpc) is 2.90. The zero-order valence-corrected chi connectivity index (χ0v) is 25.4. The SMILES string of the molecule is COC(C)(C)[C@H]1CC(C=O)C=C2C(=O)c3c(O)c4c(c(CC=C(C)C)c3OC21)O[C@@](C)(CCC(O)C(C)(C)O)C=C4. The summed E-state index contributed by atoms with van der Waals surface area (Å²) >= 11 is 0. The minimum Gasteiger partial charge on any atom is -0.506 e. The summed E-state index contributed by atoms with van der Waals surface area (Å²) < 4.78 is 19.0. The van der Waals surface area contributed by atoms with Crippen molar-refractivity contribution in [3.05, 3.63) is 46.1 Å². The molecule has 3 N–H and O–H groups in total. The molecule has 1 aromatic rings. The van der Waals surface area contributed by atoms with Gasteiger partial charge in [-0.1, -0.05) is 17.7 Å². The van der Waals surface area contributed by atoms with Gasteiger partial charge in [-0.2, -0.15) is 0 Å². The number of aliphatic hydroxyl groups excluding tert-OH is 1. The van der Waals surface area contributed by atoms with Crippen LogP contribution in [-0.2, 0) is 16.0 Å². The zero-order chi connectivity index (χ0) is 30.5. The number of ether oxygens (including phenoxy) is 3. The van der Waals surface area contributed by atoms with E-state index in [2.05, 4.69) is 0 Å². The Morgan fingerprint density at radius 1 is 1.24 bits per heavy atom. The molecule has 1 aromatic carbocycles. The molecule has 5 atom stereocenters. The van der Waals surface area contributed by atoms with Crippen LogP contribution in [0.3, 0.4) is 0 Å². The van der Waals surface area contributed by atoms with Crippen LogP contribution >= 0.6 is 0 Å². The number of rotatable bonds is 9. The van der Waals surface area contributed by atoms with Crippen molar-refractivity contribution in [3.63, 3.8) is 0 Å². The number of Topliss-reactive ketones (excluding diaryl/α,β-unsaturated/α-hetero) is 1. The Balaban J connectivity index is 1.86. The first kappa shape index (κ1) is 31.0. The number of benzene rings is 1. The number of phenolic OH excluding ortho intramolecular Hbond substituents is 1. The number of phenols is 1. The lowest BCUT2D eigenvalue weighted by molar-refractivity contribution is -0.113. The number of fused-ring (bicyclic) bond motifs is 3. The Bertz CT molecular complexity index is 1310. The van der Waals surface area contributed by atoms with Crippen LogP contribution in [0.5, 0.6) is 17.2 Å². The number of carbonyl (C=O) groups is 2. The van der Waals surface area contributed by atoms with Crippen LogP contribution < -0.4 is 9.47 Å². The van der Waals surface area contributed by atoms with Gasteiger partial charge in [0.15, 0.2) is 5.78 Å². The van der Waals surface area contributed by atoms with Gasteiger partial charge in [0, 0.05) is 30.1 Å². The number of allylic oxidation sites excluding steroid dienone is 3. The monoisotopic (exact) mass is 568 g/mol. The third-order valence-electron chi connectivity index (χ3n) is 8.81. The molecule has 0 saturated carbocycles. The second kappa shape index (κ2) is 11.0. The maximum Gasteiger partial charge on any atom is 0.199 e. The molecule has 0 saturated heterocycles. The van der Waals surface area contributed by atoms with E-state index in [-0.39, 0.29) is 35.2 Å². The van der Waals surface area contributed by atoms with E-state index in [0.717, 1.165) is 11.9 Å². The Kier molecular flexibility index (Phi) is 8.35. The molecule has 0 amide bonds. The molecule has 8 heteroatoms. The minimum absolute atomic E-state index is 0.0678. The smallest absolute Gasteiger partial charge is 0.199 e. The van der Waals surface area contributed by atoms with Crippen LogP contribution in [0.2, 0.25) is 0 Å². The largest absolute Gasteiger partial charge is 0.506 e. The van der Waals surface area contributed by atoms with Crippen molar-refractivity contribution in [1.82, 2.24) is 0 Å². The van der Waals surface area contributed by atoms with Gasteiger partial charge in [-0.05, 0) is 86.3 Å². The number of carbonyl (C=O) groups excluding carboxylic acids is 2. The van der Waals surface area contributed by atoms with Crippen molar-refractivity contribution in [3.8, 4) is 17.2 Å². The first-order chi connectivity index (χ1) is 19.0. The summed E-state index contributed by atoms with van der Waals surface area (Å²) in [5.41, 5.74) is -0.280. The molecule has 0 bridgehead atoms. The molecule has 0 fully saturated rings. The number of hydrogen-bond acceptors (Lipinski definition) is 8. The lowest BCUT2D eigenvalue weighted by Gasteiger charge is -2.45. The fourth-order valence-electron chi connectivity index (χ4n) is 5.85. The van der Waals surface area contributed by atoms with Gasteiger partial charge in [-0.25, -0.2) is 0 Å². The summed E-state index contributed by atoms with van der Waals surface area (Å²) in [6.07, 6.45) is 8.00. The highest BCUT2D eigenvalue weighted by molar-refractivity contribution is 6.15. The van der Waals surface area contributed by atoms with Gasteiger partial charge in [-0.15, -0.1) is 0 Å². The molecule has 2 heterocycles. The topological polar surface area (TPSA) is 123 Å². The zero-order valence-electron chi connectivity index (χ0n) is 25.4. The van der Waals surface area contributed by atoms with E-state index in [4.69, 9.17) is 14.2 Å². The molecular formula is C33H44O8. The van der Waals surface area contributed by atoms with E-state index in [1.807, 2.05) is 40.7 Å². The second-order valence-corrected chi connectivity index (χ2v) is 13.2. The third kappa shape index (κ3) is 5.87.